The van der Waals surface area contributed by atoms with Gasteiger partial charge in [0.15, 0.2) is 5.43 Å². The summed E-state index contributed by atoms with van der Waals surface area (Å²) >= 11 is 0. The number of fused-ring (bicyclic) bond motifs is 2. The number of aromatic nitrogens is 1. The van der Waals surface area contributed by atoms with Crippen LogP contribution < -0.4 is 5.43 Å². The number of β-amino-alcohol motifs (C(OH)–C–C–N with tert-alkyl or cyclic N) is 1. The van der Waals surface area contributed by atoms with E-state index < -0.39 is 12.1 Å². The third kappa shape index (κ3) is 3.40. The van der Waals surface area contributed by atoms with Crippen molar-refractivity contribution in [1.82, 2.24) is 9.47 Å². The Balaban J connectivity index is 1.85. The molecule has 2 heterocycles. The number of para-hydroxylation sites is 2. The summed E-state index contributed by atoms with van der Waals surface area (Å²) in [4.78, 5) is 26.9. The van der Waals surface area contributed by atoms with E-state index in [2.05, 4.69) is 4.90 Å². The quantitative estimate of drug-likeness (QED) is 0.651. The number of morpholine rings is 1. The number of ether oxygens (including phenoxy) is 1. The summed E-state index contributed by atoms with van der Waals surface area (Å²) in [5.41, 5.74) is 0.820. The van der Waals surface area contributed by atoms with E-state index in [-0.39, 0.29) is 17.5 Å². The highest BCUT2D eigenvalue weighted by atomic mass is 16.5. The molecule has 0 radical (unpaired) electrons. The highest BCUT2D eigenvalue weighted by Crippen LogP contribution is 2.23. The van der Waals surface area contributed by atoms with Crippen LogP contribution in [-0.2, 0) is 11.3 Å². The number of aliphatic hydroxyl groups excluding tert-OH is 1. The van der Waals surface area contributed by atoms with E-state index in [9.17, 15) is 19.8 Å². The van der Waals surface area contributed by atoms with Gasteiger partial charge in [-0.05, 0) is 24.3 Å². The number of carboxylic acids is 1. The maximum atomic E-state index is 12.9. The van der Waals surface area contributed by atoms with Crippen LogP contribution in [0, 0.1) is 0 Å². The molecule has 4 rings (SSSR count). The molecule has 1 saturated heterocycles. The first-order valence-electron chi connectivity index (χ1n) is 9.32. The first kappa shape index (κ1) is 18.6. The summed E-state index contributed by atoms with van der Waals surface area (Å²) in [6.45, 7) is 3.44. The van der Waals surface area contributed by atoms with Crippen molar-refractivity contribution in [3.05, 3.63) is 58.3 Å². The summed E-state index contributed by atoms with van der Waals surface area (Å²) < 4.78 is 7.11. The number of carbonyl (C=O) groups is 1. The highest BCUT2D eigenvalue weighted by molar-refractivity contribution is 6.05. The minimum absolute atomic E-state index is 0.0546. The van der Waals surface area contributed by atoms with Crippen molar-refractivity contribution in [2.75, 3.05) is 32.8 Å². The molecule has 0 amide bonds. The number of aliphatic hydroxyl groups is 1. The lowest BCUT2D eigenvalue weighted by molar-refractivity contribution is 0.0119. The van der Waals surface area contributed by atoms with Crippen LogP contribution in [0.1, 0.15) is 10.4 Å². The van der Waals surface area contributed by atoms with Gasteiger partial charge in [-0.15, -0.1) is 0 Å². The maximum Gasteiger partial charge on any atom is 0.337 e. The van der Waals surface area contributed by atoms with Crippen molar-refractivity contribution in [3.8, 4) is 0 Å². The number of nitrogens with zero attached hydrogens (tertiary/aromatic N) is 2. The van der Waals surface area contributed by atoms with Crippen LogP contribution in [0.25, 0.3) is 21.8 Å². The van der Waals surface area contributed by atoms with E-state index in [1.54, 1.807) is 34.9 Å². The van der Waals surface area contributed by atoms with E-state index in [0.29, 0.717) is 41.6 Å². The molecule has 7 heteroatoms. The zero-order valence-corrected chi connectivity index (χ0v) is 15.4. The van der Waals surface area contributed by atoms with Crippen LogP contribution in [0.15, 0.2) is 47.3 Å². The molecule has 1 atom stereocenters. The second kappa shape index (κ2) is 7.71. The number of aromatic carboxylic acids is 1. The van der Waals surface area contributed by atoms with Crippen LogP contribution in [0.4, 0.5) is 0 Å². The molecule has 0 saturated carbocycles. The molecule has 1 aliphatic rings. The van der Waals surface area contributed by atoms with Crippen molar-refractivity contribution in [1.29, 1.82) is 0 Å². The molecular formula is C21H22N2O5. The summed E-state index contributed by atoms with van der Waals surface area (Å²) in [5.74, 6) is -1.10. The molecule has 0 spiro atoms. The lowest BCUT2D eigenvalue weighted by Crippen LogP contribution is -2.42. The first-order valence-corrected chi connectivity index (χ1v) is 9.32. The number of carboxylic acid groups (broad SMARTS) is 1. The molecule has 0 bridgehead atoms. The minimum Gasteiger partial charge on any atom is -0.478 e. The Hall–Kier alpha value is -2.74. The van der Waals surface area contributed by atoms with Gasteiger partial charge in [-0.3, -0.25) is 9.69 Å². The summed E-state index contributed by atoms with van der Waals surface area (Å²) in [6.07, 6.45) is -0.714. The third-order valence-electron chi connectivity index (χ3n) is 5.19. The van der Waals surface area contributed by atoms with Gasteiger partial charge < -0.3 is 19.5 Å². The van der Waals surface area contributed by atoms with Crippen LogP contribution in [-0.4, -0.2) is 64.6 Å². The van der Waals surface area contributed by atoms with Crippen LogP contribution >= 0.6 is 0 Å². The third-order valence-corrected chi connectivity index (χ3v) is 5.19. The van der Waals surface area contributed by atoms with E-state index in [0.717, 1.165) is 13.1 Å². The van der Waals surface area contributed by atoms with Gasteiger partial charge in [0.1, 0.15) is 0 Å². The number of hydrogen-bond acceptors (Lipinski definition) is 5. The van der Waals surface area contributed by atoms with Crippen molar-refractivity contribution >= 4 is 27.8 Å². The molecular weight excluding hydrogens is 360 g/mol. The molecule has 146 valence electrons. The largest absolute Gasteiger partial charge is 0.478 e. The Labute approximate surface area is 161 Å². The zero-order valence-electron chi connectivity index (χ0n) is 15.4. The van der Waals surface area contributed by atoms with Crippen LogP contribution in [0.2, 0.25) is 0 Å². The molecule has 1 fully saturated rings. The van der Waals surface area contributed by atoms with Crippen molar-refractivity contribution in [2.45, 2.75) is 12.6 Å². The summed E-state index contributed by atoms with van der Waals surface area (Å²) in [7, 11) is 0. The average Bonchev–Trinajstić information content (AvgIpc) is 2.71. The topological polar surface area (TPSA) is 92.0 Å². The molecule has 28 heavy (non-hydrogen) atoms. The predicted molar refractivity (Wildman–Crippen MR) is 106 cm³/mol. The van der Waals surface area contributed by atoms with E-state index in [1.807, 2.05) is 6.07 Å². The van der Waals surface area contributed by atoms with Crippen LogP contribution in [0.5, 0.6) is 0 Å². The van der Waals surface area contributed by atoms with Gasteiger partial charge in [0.25, 0.3) is 0 Å². The van der Waals surface area contributed by atoms with Crippen LogP contribution in [0.3, 0.4) is 0 Å². The van der Waals surface area contributed by atoms with Gasteiger partial charge >= 0.3 is 5.97 Å². The smallest absolute Gasteiger partial charge is 0.337 e. The molecule has 2 N–H and O–H groups in total. The Morgan fingerprint density at radius 1 is 1.04 bits per heavy atom. The van der Waals surface area contributed by atoms with E-state index >= 15 is 0 Å². The average molecular weight is 382 g/mol. The highest BCUT2D eigenvalue weighted by Gasteiger charge is 2.20. The van der Waals surface area contributed by atoms with Crippen molar-refractivity contribution in [2.24, 2.45) is 0 Å². The summed E-state index contributed by atoms with van der Waals surface area (Å²) in [5, 5.41) is 21.3. The molecule has 1 unspecified atom stereocenters. The van der Waals surface area contributed by atoms with Gasteiger partial charge in [0.05, 0.1) is 42.5 Å². The molecule has 0 aliphatic carbocycles. The van der Waals surface area contributed by atoms with E-state index in [4.69, 9.17) is 4.74 Å². The van der Waals surface area contributed by atoms with Gasteiger partial charge in [0.2, 0.25) is 0 Å². The number of pyridine rings is 1. The molecule has 3 aromatic rings. The van der Waals surface area contributed by atoms with Gasteiger partial charge in [-0.2, -0.15) is 0 Å². The van der Waals surface area contributed by atoms with Gasteiger partial charge in [-0.1, -0.05) is 18.2 Å². The standard InChI is InChI=1S/C21H22N2O5/c24-14(12-22-8-10-28-11-9-22)13-23-18-7-2-1-4-15(18)20(25)16-5-3-6-17(19(16)23)21(26)27/h1-7,14,24H,8-13H2,(H,26,27). The van der Waals surface area contributed by atoms with Gasteiger partial charge in [0, 0.05) is 30.4 Å². The zero-order chi connectivity index (χ0) is 19.7. The van der Waals surface area contributed by atoms with Crippen molar-refractivity contribution in [3.63, 3.8) is 0 Å². The molecule has 1 aliphatic heterocycles. The van der Waals surface area contributed by atoms with Gasteiger partial charge in [-0.25, -0.2) is 4.79 Å². The fourth-order valence-corrected chi connectivity index (χ4v) is 3.90. The first-order chi connectivity index (χ1) is 13.6. The number of hydrogen-bond donors (Lipinski definition) is 2. The molecule has 7 nitrogen and oxygen atoms in total. The Kier molecular flexibility index (Phi) is 5.13. The molecule has 2 aromatic carbocycles. The Morgan fingerprint density at radius 3 is 2.50 bits per heavy atom. The maximum absolute atomic E-state index is 12.9. The second-order valence-electron chi connectivity index (χ2n) is 7.03. The van der Waals surface area contributed by atoms with Crippen molar-refractivity contribution < 1.29 is 19.7 Å². The number of rotatable bonds is 5. The monoisotopic (exact) mass is 382 g/mol. The molecule has 1 aromatic heterocycles. The predicted octanol–water partition coefficient (Wildman–Crippen LogP) is 1.55. The SMILES string of the molecule is O=C(O)c1cccc2c(=O)c3ccccc3n(CC(O)CN3CCOCC3)c12. The number of benzene rings is 2. The Morgan fingerprint density at radius 2 is 1.75 bits per heavy atom. The lowest BCUT2D eigenvalue weighted by Gasteiger charge is -2.29. The fraction of sp³-hybridized carbons (Fsp3) is 0.333. The fourth-order valence-electron chi connectivity index (χ4n) is 3.90. The second-order valence-corrected chi connectivity index (χ2v) is 7.03. The Bertz CT molecular complexity index is 1090. The minimum atomic E-state index is -1.10. The normalized spacial score (nSPS) is 16.5. The van der Waals surface area contributed by atoms with E-state index in [1.165, 1.54) is 6.07 Å². The summed E-state index contributed by atoms with van der Waals surface area (Å²) in [6, 6.07) is 11.8. The lowest BCUT2D eigenvalue weighted by atomic mass is 10.0.